The van der Waals surface area contributed by atoms with Gasteiger partial charge in [0, 0.05) is 13.1 Å². The van der Waals surface area contributed by atoms with Crippen LogP contribution in [0.3, 0.4) is 0 Å². The molecule has 0 spiro atoms. The lowest BCUT2D eigenvalue weighted by atomic mass is 9.32. The second kappa shape index (κ2) is 12.7. The molecule has 0 saturated heterocycles. The Balaban J connectivity index is 0.00000103. The van der Waals surface area contributed by atoms with E-state index in [1.54, 1.807) is 32.4 Å². The number of nitrogens with zero attached hydrogens (tertiary/aromatic N) is 1. The number of hydrogen-bond donors (Lipinski definition) is 1. The maximum absolute atomic E-state index is 12.6. The Bertz CT molecular complexity index is 1430. The molecule has 6 rings (SSSR count). The van der Waals surface area contributed by atoms with Crippen molar-refractivity contribution >= 4 is 17.4 Å². The van der Waals surface area contributed by atoms with Gasteiger partial charge in [0.1, 0.15) is 0 Å². The first-order valence-electron chi connectivity index (χ1n) is 18.1. The summed E-state index contributed by atoms with van der Waals surface area (Å²) in [5.41, 5.74) is 5.12. The van der Waals surface area contributed by atoms with Crippen LogP contribution in [0, 0.1) is 50.7 Å². The van der Waals surface area contributed by atoms with E-state index in [0.717, 1.165) is 6.42 Å². The van der Waals surface area contributed by atoms with E-state index >= 15 is 0 Å². The summed E-state index contributed by atoms with van der Waals surface area (Å²) in [4.78, 5) is 29.3. The normalized spacial score (nSPS) is 38.4. The van der Waals surface area contributed by atoms with Crippen molar-refractivity contribution < 1.29 is 19.5 Å². The number of carboxylic acid groups (broad SMARTS) is 1. The molecule has 47 heavy (non-hydrogen) atoms. The van der Waals surface area contributed by atoms with Crippen molar-refractivity contribution in [1.29, 1.82) is 0 Å². The van der Waals surface area contributed by atoms with Crippen molar-refractivity contribution in [3.63, 3.8) is 0 Å². The van der Waals surface area contributed by atoms with Crippen LogP contribution in [0.4, 0.5) is 0 Å². The fourth-order valence-corrected chi connectivity index (χ4v) is 12.2. The van der Waals surface area contributed by atoms with Crippen LogP contribution < -0.4 is 0 Å². The average Bonchev–Trinajstić information content (AvgIpc) is 3.43. The highest BCUT2D eigenvalue weighted by atomic mass is 16.7. The highest BCUT2D eigenvalue weighted by molar-refractivity contribution is 5.88. The van der Waals surface area contributed by atoms with Crippen LogP contribution in [-0.4, -0.2) is 36.2 Å². The number of hydrogen-bond acceptors (Lipinski definition) is 3. The maximum atomic E-state index is 12.6. The minimum absolute atomic E-state index is 0.0245. The van der Waals surface area contributed by atoms with Gasteiger partial charge in [-0.2, -0.15) is 0 Å². The van der Waals surface area contributed by atoms with Crippen LogP contribution in [0.1, 0.15) is 129 Å². The Kier molecular flexibility index (Phi) is 9.60. The van der Waals surface area contributed by atoms with Crippen molar-refractivity contribution in [2.45, 2.75) is 113 Å². The molecule has 0 bridgehead atoms. The molecule has 1 amide bonds. The minimum Gasteiger partial charge on any atom is -0.478 e. The topological polar surface area (TPSA) is 66.8 Å². The summed E-state index contributed by atoms with van der Waals surface area (Å²) in [6, 6.07) is 7.55. The van der Waals surface area contributed by atoms with Crippen molar-refractivity contribution in [3.8, 4) is 0 Å². The summed E-state index contributed by atoms with van der Waals surface area (Å²) in [5.74, 6) is 1.72. The summed E-state index contributed by atoms with van der Waals surface area (Å²) < 4.78 is 0. The molecule has 4 fully saturated rings. The predicted molar refractivity (Wildman–Crippen MR) is 191 cm³/mol. The van der Waals surface area contributed by atoms with Gasteiger partial charge in [0.15, 0.2) is 0 Å². The second-order valence-corrected chi connectivity index (χ2v) is 17.4. The van der Waals surface area contributed by atoms with E-state index in [4.69, 9.17) is 4.84 Å². The summed E-state index contributed by atoms with van der Waals surface area (Å²) in [7, 11) is 3.23. The molecular formula is C42H61NO4. The Morgan fingerprint density at radius 1 is 0.894 bits per heavy atom. The van der Waals surface area contributed by atoms with Gasteiger partial charge in [-0.3, -0.25) is 9.63 Å². The van der Waals surface area contributed by atoms with Crippen LogP contribution in [0.15, 0.2) is 54.6 Å². The molecule has 0 heterocycles. The molecule has 8 atom stereocenters. The van der Waals surface area contributed by atoms with Gasteiger partial charge in [-0.05, 0) is 146 Å². The maximum Gasteiger partial charge on any atom is 0.335 e. The number of carbonyl (C=O) groups is 2. The monoisotopic (exact) mass is 643 g/mol. The highest BCUT2D eigenvalue weighted by Crippen LogP contribution is 2.77. The van der Waals surface area contributed by atoms with Gasteiger partial charge in [0.2, 0.25) is 0 Å². The molecular weight excluding hydrogens is 582 g/mol. The van der Waals surface area contributed by atoms with E-state index in [2.05, 4.69) is 53.3 Å². The minimum atomic E-state index is -0.868. The fourth-order valence-electron chi connectivity index (χ4n) is 12.2. The fraction of sp³-hybridized carbons (Fsp3) is 0.667. The molecule has 5 aliphatic carbocycles. The number of likely N-dealkylation sites (N-methyl/N-ethyl adjacent to an activating group) is 1. The lowest BCUT2D eigenvalue weighted by molar-refractivity contribution is -0.218. The Hall–Kier alpha value is -2.66. The number of carboxylic acids is 1. The van der Waals surface area contributed by atoms with Gasteiger partial charge in [0.25, 0.3) is 5.91 Å². The van der Waals surface area contributed by atoms with Crippen LogP contribution in [0.25, 0.3) is 5.57 Å². The molecule has 1 aromatic carbocycles. The van der Waals surface area contributed by atoms with E-state index in [9.17, 15) is 14.7 Å². The lowest BCUT2D eigenvalue weighted by Gasteiger charge is -2.72. The molecule has 0 aromatic heterocycles. The SMILES string of the molecule is C=C(C)C.CON(C)C(=O)/C=C/[C@]12CCC[C@@H]1[C@H]1CCC3[C@@]4(C)CC=C(c5ccc(C(=O)O)cc5)C(C)(C)C4CC[C@@]3(C)[C@]1(C)CC2. The molecule has 5 aliphatic rings. The van der Waals surface area contributed by atoms with Crippen molar-refractivity contribution in [2.75, 3.05) is 14.2 Å². The Morgan fingerprint density at radius 3 is 2.17 bits per heavy atom. The number of rotatable bonds is 5. The van der Waals surface area contributed by atoms with E-state index in [1.807, 2.05) is 26.0 Å². The zero-order valence-electron chi connectivity index (χ0n) is 30.7. The number of hydroxylamine groups is 2. The van der Waals surface area contributed by atoms with E-state index < -0.39 is 5.97 Å². The molecule has 2 unspecified atom stereocenters. The smallest absolute Gasteiger partial charge is 0.335 e. The first-order valence-corrected chi connectivity index (χ1v) is 18.1. The Morgan fingerprint density at radius 2 is 1.55 bits per heavy atom. The number of benzene rings is 1. The first kappa shape index (κ1) is 35.6. The number of aromatic carboxylic acids is 1. The van der Waals surface area contributed by atoms with Crippen molar-refractivity contribution in [1.82, 2.24) is 5.06 Å². The summed E-state index contributed by atoms with van der Waals surface area (Å²) in [5, 5.41) is 10.7. The van der Waals surface area contributed by atoms with Crippen molar-refractivity contribution in [2.24, 2.45) is 50.7 Å². The molecule has 1 aromatic rings. The summed E-state index contributed by atoms with van der Waals surface area (Å²) in [6.45, 7) is 20.4. The zero-order valence-corrected chi connectivity index (χ0v) is 30.7. The van der Waals surface area contributed by atoms with Crippen LogP contribution >= 0.6 is 0 Å². The summed E-state index contributed by atoms with van der Waals surface area (Å²) in [6.07, 6.45) is 19.1. The van der Waals surface area contributed by atoms with Gasteiger partial charge in [-0.15, -0.1) is 6.58 Å². The van der Waals surface area contributed by atoms with Gasteiger partial charge < -0.3 is 5.11 Å². The van der Waals surface area contributed by atoms with Gasteiger partial charge >= 0.3 is 5.97 Å². The molecule has 5 heteroatoms. The van der Waals surface area contributed by atoms with Crippen LogP contribution in [0.2, 0.25) is 0 Å². The average molecular weight is 644 g/mol. The highest BCUT2D eigenvalue weighted by Gasteiger charge is 2.69. The lowest BCUT2D eigenvalue weighted by Crippen LogP contribution is -2.64. The molecule has 258 valence electrons. The largest absolute Gasteiger partial charge is 0.478 e. The van der Waals surface area contributed by atoms with E-state index in [1.165, 1.54) is 79.6 Å². The number of amides is 1. The molecule has 5 nitrogen and oxygen atoms in total. The standard InChI is InChI=1S/C38H53NO4.C4H8/c1-34(2)27(25-10-12-26(13-11-25)33(41)42)16-20-35(3)30(34)17-21-37(5)31(35)15-14-28-29-9-8-19-38(29,24-23-36(28,37)4)22-18-32(40)39(6)43-7;1-4(2)3/h10-13,16,18,22,28-31H,8-9,14-15,17,19-21,23-24H2,1-7H3,(H,41,42);1H2,2-3H3/b22-18+;/t28-,29-,30?,31?,35+,36-,37-,38+;/m1./s1. The molecule has 0 aliphatic heterocycles. The first-order chi connectivity index (χ1) is 22.0. The van der Waals surface area contributed by atoms with Gasteiger partial charge in [-0.25, -0.2) is 9.86 Å². The van der Waals surface area contributed by atoms with E-state index in [-0.39, 0.29) is 22.2 Å². The predicted octanol–water partition coefficient (Wildman–Crippen LogP) is 10.4. The number of carbonyl (C=O) groups excluding carboxylic acids is 1. The number of fused-ring (bicyclic) bond motifs is 7. The van der Waals surface area contributed by atoms with Crippen LogP contribution in [0.5, 0.6) is 0 Å². The van der Waals surface area contributed by atoms with Crippen molar-refractivity contribution in [3.05, 3.63) is 65.8 Å². The van der Waals surface area contributed by atoms with Gasteiger partial charge in [-0.1, -0.05) is 70.9 Å². The van der Waals surface area contributed by atoms with Gasteiger partial charge in [0.05, 0.1) is 12.7 Å². The second-order valence-electron chi connectivity index (χ2n) is 17.4. The zero-order chi connectivity index (χ0) is 34.6. The third kappa shape index (κ3) is 5.77. The molecule has 4 saturated carbocycles. The molecule has 1 N–H and O–H groups in total. The third-order valence-electron chi connectivity index (χ3n) is 14.6. The summed E-state index contributed by atoms with van der Waals surface area (Å²) >= 11 is 0. The molecule has 0 radical (unpaired) electrons. The Labute approximate surface area is 284 Å². The third-order valence-corrected chi connectivity index (χ3v) is 14.6. The quantitative estimate of drug-likeness (QED) is 0.197. The number of allylic oxidation sites excluding steroid dienone is 4. The van der Waals surface area contributed by atoms with Crippen LogP contribution in [-0.2, 0) is 9.63 Å². The van der Waals surface area contributed by atoms with E-state index in [0.29, 0.717) is 40.1 Å².